The monoisotopic (exact) mass is 349 g/mol. The molecule has 2 unspecified atom stereocenters. The molecule has 128 valence electrons. The van der Waals surface area contributed by atoms with E-state index in [1.807, 2.05) is 0 Å². The molecule has 1 aliphatic heterocycles. The van der Waals surface area contributed by atoms with Gasteiger partial charge in [0.2, 0.25) is 0 Å². The van der Waals surface area contributed by atoms with E-state index in [9.17, 15) is 30.4 Å². The van der Waals surface area contributed by atoms with E-state index in [2.05, 4.69) is 0 Å². The van der Waals surface area contributed by atoms with Gasteiger partial charge in [0.25, 0.3) is 0 Å². The number of ether oxygens (including phenoxy) is 1. The molecule has 1 rings (SSSR count). The van der Waals surface area contributed by atoms with Crippen LogP contribution in [0.1, 0.15) is 32.1 Å². The number of hydrogen-bond acceptors (Lipinski definition) is 4. The summed E-state index contributed by atoms with van der Waals surface area (Å²) in [5, 5.41) is 6.90. The van der Waals surface area contributed by atoms with Crippen LogP contribution in [0, 0.1) is 11.3 Å². The number of nitrogens with zero attached hydrogens (tertiary/aromatic N) is 1. The van der Waals surface area contributed by atoms with Crippen LogP contribution in [0.15, 0.2) is 0 Å². The molecule has 0 aromatic carbocycles. The van der Waals surface area contributed by atoms with E-state index in [4.69, 9.17) is 10.00 Å². The second kappa shape index (κ2) is 7.08. The molecule has 1 fully saturated rings. The van der Waals surface area contributed by atoms with E-state index in [1.165, 1.54) is 6.07 Å². The van der Waals surface area contributed by atoms with Crippen LogP contribution in [-0.4, -0.2) is 44.2 Å². The van der Waals surface area contributed by atoms with Crippen molar-refractivity contribution in [3.8, 4) is 6.07 Å². The first-order valence-electron chi connectivity index (χ1n) is 6.67. The highest BCUT2D eigenvalue weighted by Crippen LogP contribution is 2.39. The summed E-state index contributed by atoms with van der Waals surface area (Å²) in [6.45, 7) is 0.365. The third-order valence-electron chi connectivity index (χ3n) is 3.40. The molecule has 0 saturated carbocycles. The predicted octanol–water partition coefficient (Wildman–Crippen LogP) is 2.84. The van der Waals surface area contributed by atoms with Crippen molar-refractivity contribution < 1.29 is 35.1 Å². The Morgan fingerprint density at radius 1 is 1.23 bits per heavy atom. The third kappa shape index (κ3) is 5.05. The van der Waals surface area contributed by atoms with Crippen LogP contribution in [0.2, 0.25) is 0 Å². The molecule has 0 bridgehead atoms. The molecular formula is C12H16F5NO3S. The summed E-state index contributed by atoms with van der Waals surface area (Å²) < 4.78 is 90.9. The van der Waals surface area contributed by atoms with Gasteiger partial charge in [-0.3, -0.25) is 0 Å². The van der Waals surface area contributed by atoms with Gasteiger partial charge in [-0.2, -0.15) is 27.2 Å². The zero-order valence-corrected chi connectivity index (χ0v) is 12.4. The van der Waals surface area contributed by atoms with Gasteiger partial charge in [0.05, 0.1) is 17.9 Å². The maximum atomic E-state index is 12.8. The van der Waals surface area contributed by atoms with Gasteiger partial charge in [0.1, 0.15) is 5.25 Å². The van der Waals surface area contributed by atoms with Gasteiger partial charge in [-0.05, 0) is 25.7 Å². The quantitative estimate of drug-likeness (QED) is 0.692. The largest absolute Gasteiger partial charge is 0.453 e. The smallest absolute Gasteiger partial charge is 0.377 e. The second-order valence-electron chi connectivity index (χ2n) is 5.18. The number of rotatable bonds is 6. The topological polar surface area (TPSA) is 67.2 Å². The Morgan fingerprint density at radius 3 is 2.32 bits per heavy atom. The minimum absolute atomic E-state index is 0.365. The summed E-state index contributed by atoms with van der Waals surface area (Å²) in [6.07, 6.45) is -7.24. The van der Waals surface area contributed by atoms with Crippen molar-refractivity contribution in [1.82, 2.24) is 0 Å². The Bertz CT molecular complexity index is 506. The Labute approximate surface area is 125 Å². The van der Waals surface area contributed by atoms with Gasteiger partial charge < -0.3 is 4.74 Å². The Morgan fingerprint density at radius 2 is 1.86 bits per heavy atom. The fourth-order valence-electron chi connectivity index (χ4n) is 2.09. The lowest BCUT2D eigenvalue weighted by Gasteiger charge is -2.24. The molecule has 4 nitrogen and oxygen atoms in total. The summed E-state index contributed by atoms with van der Waals surface area (Å²) in [5.41, 5.74) is 0. The average molecular weight is 349 g/mol. The molecule has 1 aliphatic rings. The molecule has 0 spiro atoms. The van der Waals surface area contributed by atoms with E-state index in [0.717, 1.165) is 12.8 Å². The van der Waals surface area contributed by atoms with Crippen molar-refractivity contribution in [2.45, 2.75) is 55.6 Å². The maximum Gasteiger partial charge on any atom is 0.453 e. The van der Waals surface area contributed by atoms with E-state index in [1.54, 1.807) is 0 Å². The van der Waals surface area contributed by atoms with Crippen LogP contribution in [0.4, 0.5) is 22.0 Å². The number of nitriles is 1. The molecule has 0 amide bonds. The molecule has 2 atom stereocenters. The van der Waals surface area contributed by atoms with Crippen LogP contribution in [-0.2, 0) is 14.6 Å². The summed E-state index contributed by atoms with van der Waals surface area (Å²) in [4.78, 5) is 0. The lowest BCUT2D eigenvalue weighted by Crippen LogP contribution is -2.38. The van der Waals surface area contributed by atoms with Crippen LogP contribution in [0.5, 0.6) is 0 Å². The van der Waals surface area contributed by atoms with E-state index in [0.29, 0.717) is 13.0 Å². The normalized spacial score (nSPS) is 22.1. The molecule has 0 aliphatic carbocycles. The summed E-state index contributed by atoms with van der Waals surface area (Å²) in [5.74, 6) is -5.55. The number of halogens is 5. The predicted molar refractivity (Wildman–Crippen MR) is 67.0 cm³/mol. The van der Waals surface area contributed by atoms with Crippen molar-refractivity contribution >= 4 is 9.84 Å². The fraction of sp³-hybridized carbons (Fsp3) is 0.917. The fourth-order valence-corrected chi connectivity index (χ4v) is 3.74. The highest BCUT2D eigenvalue weighted by atomic mass is 32.2. The van der Waals surface area contributed by atoms with Crippen LogP contribution in [0.3, 0.4) is 0 Å². The van der Waals surface area contributed by atoms with Crippen LogP contribution < -0.4 is 0 Å². The standard InChI is InChI=1S/C12H16F5NO3S/c13-11(14,12(15,16)17)5-4-10(7-18)22(19,20)8-9-3-1-2-6-21-9/h9-10H,1-6,8H2. The first-order valence-corrected chi connectivity index (χ1v) is 8.38. The van der Waals surface area contributed by atoms with Crippen molar-refractivity contribution in [2.24, 2.45) is 0 Å². The zero-order valence-electron chi connectivity index (χ0n) is 11.6. The van der Waals surface area contributed by atoms with Gasteiger partial charge in [-0.1, -0.05) is 0 Å². The average Bonchev–Trinajstić information content (AvgIpc) is 2.38. The molecule has 1 heterocycles. The second-order valence-corrected chi connectivity index (χ2v) is 7.40. The summed E-state index contributed by atoms with van der Waals surface area (Å²) in [7, 11) is -4.13. The summed E-state index contributed by atoms with van der Waals surface area (Å²) >= 11 is 0. The first kappa shape index (κ1) is 19.1. The minimum atomic E-state index is -5.76. The first-order chi connectivity index (χ1) is 9.99. The lowest BCUT2D eigenvalue weighted by molar-refractivity contribution is -0.284. The van der Waals surface area contributed by atoms with E-state index < -0.39 is 51.9 Å². The molecule has 10 heteroatoms. The van der Waals surface area contributed by atoms with Crippen molar-refractivity contribution in [3.63, 3.8) is 0 Å². The van der Waals surface area contributed by atoms with E-state index in [-0.39, 0.29) is 0 Å². The van der Waals surface area contributed by atoms with Gasteiger partial charge in [-0.25, -0.2) is 8.42 Å². The molecule has 1 saturated heterocycles. The van der Waals surface area contributed by atoms with Crippen molar-refractivity contribution in [2.75, 3.05) is 12.4 Å². The Balaban J connectivity index is 2.68. The van der Waals surface area contributed by atoms with Crippen molar-refractivity contribution in [3.05, 3.63) is 0 Å². The molecule has 22 heavy (non-hydrogen) atoms. The van der Waals surface area contributed by atoms with Crippen LogP contribution >= 0.6 is 0 Å². The van der Waals surface area contributed by atoms with Gasteiger partial charge >= 0.3 is 12.1 Å². The zero-order chi connectivity index (χ0) is 17.0. The van der Waals surface area contributed by atoms with E-state index >= 15 is 0 Å². The summed E-state index contributed by atoms with van der Waals surface area (Å²) in [6, 6.07) is 1.31. The number of hydrogen-bond donors (Lipinski definition) is 0. The highest BCUT2D eigenvalue weighted by Gasteiger charge is 2.57. The number of alkyl halides is 5. The maximum absolute atomic E-state index is 12.8. The van der Waals surface area contributed by atoms with Gasteiger partial charge in [0, 0.05) is 13.0 Å². The molecule has 0 N–H and O–H groups in total. The Kier molecular flexibility index (Phi) is 6.15. The molecular weight excluding hydrogens is 333 g/mol. The van der Waals surface area contributed by atoms with Crippen LogP contribution in [0.25, 0.3) is 0 Å². The highest BCUT2D eigenvalue weighted by molar-refractivity contribution is 7.92. The van der Waals surface area contributed by atoms with Gasteiger partial charge in [0.15, 0.2) is 9.84 Å². The molecule has 0 aromatic rings. The minimum Gasteiger partial charge on any atom is -0.377 e. The lowest BCUT2D eigenvalue weighted by atomic mass is 10.1. The van der Waals surface area contributed by atoms with Gasteiger partial charge in [-0.15, -0.1) is 0 Å². The number of sulfone groups is 1. The SMILES string of the molecule is N#CC(CCC(F)(F)C(F)(F)F)S(=O)(=O)CC1CCCCO1. The molecule has 0 aromatic heterocycles. The third-order valence-corrected chi connectivity index (χ3v) is 5.45. The molecule has 0 radical (unpaired) electrons. The van der Waals surface area contributed by atoms with Crippen molar-refractivity contribution in [1.29, 1.82) is 5.26 Å². The Hall–Kier alpha value is -0.950.